The molecule has 2 aromatic heterocycles. The fourth-order valence-electron chi connectivity index (χ4n) is 3.15. The van der Waals surface area contributed by atoms with Crippen molar-refractivity contribution in [2.24, 2.45) is 0 Å². The number of rotatable bonds is 7. The van der Waals surface area contributed by atoms with Gasteiger partial charge in [-0.15, -0.1) is 10.2 Å². The number of aromatic nitrogens is 4. The number of thioether (sulfide) groups is 1. The monoisotopic (exact) mass is 456 g/mol. The molecule has 0 radical (unpaired) electrons. The zero-order valence-electron chi connectivity index (χ0n) is 17.1. The summed E-state index contributed by atoms with van der Waals surface area (Å²) in [6.45, 7) is 0. The van der Waals surface area contributed by atoms with Crippen LogP contribution < -0.4 is 5.32 Å². The molecule has 5 aromatic rings. The molecule has 3 aromatic carbocycles. The standard InChI is InChI=1S/C23H16N6O3S/c30-29(31)17-12-10-15(11-13-17)22-28-27-20(32-22)14-33-23-25-19-9-5-4-8-18(19)21(26-23)24-16-6-2-1-3-7-16/h1-13H,14H2,(H,24,25,26). The van der Waals surface area contributed by atoms with Crippen molar-refractivity contribution in [3.05, 3.63) is 94.9 Å². The van der Waals surface area contributed by atoms with Gasteiger partial charge in [-0.3, -0.25) is 10.1 Å². The van der Waals surface area contributed by atoms with Crippen molar-refractivity contribution in [3.63, 3.8) is 0 Å². The Bertz CT molecular complexity index is 1420. The highest BCUT2D eigenvalue weighted by Gasteiger charge is 2.13. The number of nitrogens with one attached hydrogen (secondary N) is 1. The van der Waals surface area contributed by atoms with Gasteiger partial charge in [-0.05, 0) is 36.4 Å². The van der Waals surface area contributed by atoms with E-state index in [1.165, 1.54) is 23.9 Å². The highest BCUT2D eigenvalue weighted by molar-refractivity contribution is 7.98. The number of benzene rings is 3. The summed E-state index contributed by atoms with van der Waals surface area (Å²) < 4.78 is 5.72. The summed E-state index contributed by atoms with van der Waals surface area (Å²) in [5.74, 6) is 1.80. The maximum absolute atomic E-state index is 10.8. The highest BCUT2D eigenvalue weighted by Crippen LogP contribution is 2.29. The van der Waals surface area contributed by atoms with Gasteiger partial charge in [0.15, 0.2) is 5.16 Å². The largest absolute Gasteiger partial charge is 0.420 e. The Morgan fingerprint density at radius 1 is 0.909 bits per heavy atom. The van der Waals surface area contributed by atoms with E-state index in [9.17, 15) is 10.1 Å². The number of nitro groups is 1. The first-order chi connectivity index (χ1) is 16.2. The molecule has 0 atom stereocenters. The molecule has 0 aliphatic heterocycles. The minimum Gasteiger partial charge on any atom is -0.420 e. The fourth-order valence-corrected chi connectivity index (χ4v) is 3.84. The van der Waals surface area contributed by atoms with Crippen LogP contribution in [-0.2, 0) is 5.75 Å². The normalized spacial score (nSPS) is 10.9. The number of nitro benzene ring substituents is 1. The van der Waals surface area contributed by atoms with Gasteiger partial charge in [0.2, 0.25) is 11.8 Å². The minimum absolute atomic E-state index is 0.00223. The Balaban J connectivity index is 1.35. The lowest BCUT2D eigenvalue weighted by Crippen LogP contribution is -1.98. The van der Waals surface area contributed by atoms with Crippen LogP contribution >= 0.6 is 11.8 Å². The van der Waals surface area contributed by atoms with Gasteiger partial charge >= 0.3 is 0 Å². The summed E-state index contributed by atoms with van der Waals surface area (Å²) in [4.78, 5) is 19.7. The SMILES string of the molecule is O=[N+]([O-])c1ccc(-c2nnc(CSc3nc(Nc4ccccc4)c4ccccc4n3)o2)cc1. The number of fused-ring (bicyclic) bond motifs is 1. The lowest BCUT2D eigenvalue weighted by Gasteiger charge is -2.10. The molecule has 0 bridgehead atoms. The Morgan fingerprint density at radius 2 is 1.67 bits per heavy atom. The molecule has 0 aliphatic carbocycles. The van der Waals surface area contributed by atoms with Crippen LogP contribution in [0.4, 0.5) is 17.2 Å². The van der Waals surface area contributed by atoms with Gasteiger partial charge in [-0.25, -0.2) is 9.97 Å². The third-order valence-electron chi connectivity index (χ3n) is 4.74. The van der Waals surface area contributed by atoms with Crippen LogP contribution in [0.25, 0.3) is 22.4 Å². The summed E-state index contributed by atoms with van der Waals surface area (Å²) in [7, 11) is 0. The van der Waals surface area contributed by atoms with E-state index >= 15 is 0 Å². The van der Waals surface area contributed by atoms with E-state index in [1.54, 1.807) is 12.1 Å². The first-order valence-corrected chi connectivity index (χ1v) is 10.9. The molecule has 0 saturated carbocycles. The molecule has 33 heavy (non-hydrogen) atoms. The van der Waals surface area contributed by atoms with Crippen molar-refractivity contribution in [2.45, 2.75) is 10.9 Å². The number of nitrogens with zero attached hydrogens (tertiary/aromatic N) is 5. The Morgan fingerprint density at radius 3 is 2.45 bits per heavy atom. The van der Waals surface area contributed by atoms with Crippen molar-refractivity contribution in [3.8, 4) is 11.5 Å². The van der Waals surface area contributed by atoms with Gasteiger partial charge in [-0.2, -0.15) is 0 Å². The van der Waals surface area contributed by atoms with Crippen LogP contribution in [0.1, 0.15) is 5.89 Å². The smallest absolute Gasteiger partial charge is 0.269 e. The second kappa shape index (κ2) is 9.05. The number of hydrogen-bond donors (Lipinski definition) is 1. The third kappa shape index (κ3) is 4.65. The molecule has 0 unspecified atom stereocenters. The summed E-state index contributed by atoms with van der Waals surface area (Å²) in [6, 6.07) is 23.6. The van der Waals surface area contributed by atoms with Gasteiger partial charge in [0, 0.05) is 28.8 Å². The number of anilines is 2. The third-order valence-corrected chi connectivity index (χ3v) is 5.57. The molecule has 0 amide bonds. The molecule has 162 valence electrons. The van der Waals surface area contributed by atoms with E-state index in [2.05, 4.69) is 25.5 Å². The van der Waals surface area contributed by atoms with Crippen molar-refractivity contribution >= 4 is 39.9 Å². The Labute approximate surface area is 192 Å². The summed E-state index contributed by atoms with van der Waals surface area (Å²) in [5, 5.41) is 23.8. The van der Waals surface area contributed by atoms with Crippen molar-refractivity contribution < 1.29 is 9.34 Å². The molecule has 0 fully saturated rings. The molecule has 9 nitrogen and oxygen atoms in total. The molecule has 5 rings (SSSR count). The van der Waals surface area contributed by atoms with E-state index in [-0.39, 0.29) is 5.69 Å². The number of hydrogen-bond acceptors (Lipinski definition) is 9. The van der Waals surface area contributed by atoms with Gasteiger partial charge in [0.25, 0.3) is 5.69 Å². The van der Waals surface area contributed by atoms with Gasteiger partial charge in [0.05, 0.1) is 16.2 Å². The first-order valence-electron chi connectivity index (χ1n) is 9.94. The molecule has 10 heteroatoms. The zero-order chi connectivity index (χ0) is 22.6. The lowest BCUT2D eigenvalue weighted by atomic mass is 10.2. The Kier molecular flexibility index (Phi) is 5.64. The van der Waals surface area contributed by atoms with Gasteiger partial charge in [-0.1, -0.05) is 42.1 Å². The van der Waals surface area contributed by atoms with Crippen LogP contribution in [0.3, 0.4) is 0 Å². The van der Waals surface area contributed by atoms with E-state index < -0.39 is 4.92 Å². The molecular formula is C23H16N6O3S. The topological polar surface area (TPSA) is 120 Å². The molecular weight excluding hydrogens is 440 g/mol. The molecule has 0 aliphatic rings. The fraction of sp³-hybridized carbons (Fsp3) is 0.0435. The van der Waals surface area contributed by atoms with E-state index in [4.69, 9.17) is 4.42 Å². The van der Waals surface area contributed by atoms with E-state index in [0.29, 0.717) is 34.1 Å². The number of non-ortho nitro benzene ring substituents is 1. The Hall–Kier alpha value is -4.31. The predicted octanol–water partition coefficient (Wildman–Crippen LogP) is 5.62. The van der Waals surface area contributed by atoms with E-state index in [0.717, 1.165) is 16.6 Å². The molecule has 1 N–H and O–H groups in total. The average molecular weight is 456 g/mol. The maximum Gasteiger partial charge on any atom is 0.269 e. The minimum atomic E-state index is -0.454. The van der Waals surface area contributed by atoms with Crippen LogP contribution in [-0.4, -0.2) is 25.1 Å². The van der Waals surface area contributed by atoms with Crippen LogP contribution in [0.2, 0.25) is 0 Å². The zero-order valence-corrected chi connectivity index (χ0v) is 17.9. The quantitative estimate of drug-likeness (QED) is 0.144. The van der Waals surface area contributed by atoms with Crippen LogP contribution in [0.15, 0.2) is 88.4 Å². The van der Waals surface area contributed by atoms with Crippen molar-refractivity contribution in [2.75, 3.05) is 5.32 Å². The second-order valence-corrected chi connectivity index (χ2v) is 7.90. The highest BCUT2D eigenvalue weighted by atomic mass is 32.2. The predicted molar refractivity (Wildman–Crippen MR) is 125 cm³/mol. The van der Waals surface area contributed by atoms with Crippen molar-refractivity contribution in [1.29, 1.82) is 0 Å². The van der Waals surface area contributed by atoms with Crippen LogP contribution in [0, 0.1) is 10.1 Å². The molecule has 2 heterocycles. The lowest BCUT2D eigenvalue weighted by molar-refractivity contribution is -0.384. The van der Waals surface area contributed by atoms with Gasteiger partial charge in [0.1, 0.15) is 5.82 Å². The summed E-state index contributed by atoms with van der Waals surface area (Å²) >= 11 is 1.38. The maximum atomic E-state index is 10.8. The van der Waals surface area contributed by atoms with Crippen LogP contribution in [0.5, 0.6) is 0 Å². The summed E-state index contributed by atoms with van der Waals surface area (Å²) in [6.07, 6.45) is 0. The van der Waals surface area contributed by atoms with Crippen molar-refractivity contribution in [1.82, 2.24) is 20.2 Å². The number of para-hydroxylation sites is 2. The molecule has 0 saturated heterocycles. The molecule has 0 spiro atoms. The summed E-state index contributed by atoms with van der Waals surface area (Å²) in [5.41, 5.74) is 2.37. The van der Waals surface area contributed by atoms with E-state index in [1.807, 2.05) is 54.6 Å². The second-order valence-electron chi connectivity index (χ2n) is 6.96. The first kappa shape index (κ1) is 20.6. The van der Waals surface area contributed by atoms with Gasteiger partial charge < -0.3 is 9.73 Å². The average Bonchev–Trinajstić information content (AvgIpc) is 3.33.